The van der Waals surface area contributed by atoms with Gasteiger partial charge in [-0.1, -0.05) is 11.6 Å². The molecule has 1 aromatic heterocycles. The van der Waals surface area contributed by atoms with Gasteiger partial charge in [0.2, 0.25) is 0 Å². The number of amides is 1. The lowest BCUT2D eigenvalue weighted by Gasteiger charge is -2.06. The third-order valence-electron chi connectivity index (χ3n) is 1.10. The van der Waals surface area contributed by atoms with Crippen molar-refractivity contribution >= 4 is 36.4 Å². The van der Waals surface area contributed by atoms with Crippen LogP contribution in [0.3, 0.4) is 0 Å². The summed E-state index contributed by atoms with van der Waals surface area (Å²) < 4.78 is 10.8. The number of thiophene rings is 1. The summed E-state index contributed by atoms with van der Waals surface area (Å²) in [5, 5.41) is 3.88. The monoisotopic (exact) mass is 239 g/mol. The summed E-state index contributed by atoms with van der Waals surface area (Å²) in [7, 11) is -3.53. The van der Waals surface area contributed by atoms with E-state index >= 15 is 0 Å². The van der Waals surface area contributed by atoms with Crippen LogP contribution >= 0.6 is 30.5 Å². The van der Waals surface area contributed by atoms with Crippen LogP contribution in [0.1, 0.15) is 9.67 Å². The van der Waals surface area contributed by atoms with Gasteiger partial charge in [0.15, 0.2) is 0 Å². The van der Waals surface area contributed by atoms with Crippen molar-refractivity contribution in [2.24, 2.45) is 11.0 Å². The topological polar surface area (TPSA) is 98.2 Å². The summed E-state index contributed by atoms with van der Waals surface area (Å²) in [6, 6.07) is 1.55. The van der Waals surface area contributed by atoms with E-state index in [4.69, 9.17) is 22.6 Å². The van der Waals surface area contributed by atoms with Crippen molar-refractivity contribution in [2.75, 3.05) is 0 Å². The smallest absolute Gasteiger partial charge is 0.278 e. The molecule has 0 aromatic carbocycles. The fourth-order valence-electron chi connectivity index (χ4n) is 0.665. The highest BCUT2D eigenvalue weighted by Crippen LogP contribution is 2.25. The first-order valence-electron chi connectivity index (χ1n) is 3.13. The molecule has 5 N–H and O–H groups in total. The van der Waals surface area contributed by atoms with Crippen molar-refractivity contribution in [1.82, 2.24) is 5.09 Å². The van der Waals surface area contributed by atoms with Crippen molar-refractivity contribution in [3.8, 4) is 0 Å². The first-order chi connectivity index (χ1) is 5.90. The van der Waals surface area contributed by atoms with Gasteiger partial charge in [-0.25, -0.2) is 0 Å². The van der Waals surface area contributed by atoms with E-state index in [2.05, 4.69) is 0 Å². The van der Waals surface area contributed by atoms with Crippen molar-refractivity contribution < 1.29 is 9.36 Å². The minimum atomic E-state index is -3.53. The minimum Gasteiger partial charge on any atom is -0.278 e. The molecule has 72 valence electrons. The van der Waals surface area contributed by atoms with Crippen LogP contribution in [0.2, 0.25) is 5.02 Å². The second kappa shape index (κ2) is 3.77. The van der Waals surface area contributed by atoms with Crippen LogP contribution in [0, 0.1) is 0 Å². The van der Waals surface area contributed by atoms with Gasteiger partial charge in [-0.05, 0) is 11.4 Å². The Bertz CT molecular complexity index is 374. The molecule has 0 fully saturated rings. The number of nitrogens with one attached hydrogen (secondary N) is 1. The average Bonchev–Trinajstić information content (AvgIpc) is 2.30. The van der Waals surface area contributed by atoms with Gasteiger partial charge < -0.3 is 0 Å². The van der Waals surface area contributed by atoms with Crippen molar-refractivity contribution in [3.63, 3.8) is 0 Å². The number of halogens is 1. The highest BCUT2D eigenvalue weighted by molar-refractivity contribution is 7.57. The maximum Gasteiger partial charge on any atom is 0.300 e. The minimum absolute atomic E-state index is 0.248. The van der Waals surface area contributed by atoms with Crippen LogP contribution < -0.4 is 16.1 Å². The van der Waals surface area contributed by atoms with Gasteiger partial charge in [-0.15, -0.1) is 11.3 Å². The molecule has 0 aliphatic rings. The van der Waals surface area contributed by atoms with Crippen LogP contribution in [-0.4, -0.2) is 5.91 Å². The predicted molar refractivity (Wildman–Crippen MR) is 52.8 cm³/mol. The van der Waals surface area contributed by atoms with E-state index in [1.54, 1.807) is 11.4 Å². The second-order valence-corrected chi connectivity index (χ2v) is 5.21. The quantitative estimate of drug-likeness (QED) is 0.675. The molecule has 0 saturated heterocycles. The van der Waals surface area contributed by atoms with Crippen molar-refractivity contribution in [2.45, 2.75) is 0 Å². The summed E-state index contributed by atoms with van der Waals surface area (Å²) >= 11 is 6.76. The van der Waals surface area contributed by atoms with E-state index in [0.717, 1.165) is 11.3 Å². The molecule has 0 aliphatic carbocycles. The largest absolute Gasteiger partial charge is 0.300 e. The first-order valence-corrected chi connectivity index (χ1v) is 6.23. The molecule has 0 atom stereocenters. The van der Waals surface area contributed by atoms with Crippen LogP contribution in [0.15, 0.2) is 11.4 Å². The zero-order valence-corrected chi connectivity index (χ0v) is 8.83. The van der Waals surface area contributed by atoms with Crippen molar-refractivity contribution in [1.29, 1.82) is 0 Å². The average molecular weight is 240 g/mol. The molecule has 0 unspecified atom stereocenters. The Kier molecular flexibility index (Phi) is 3.10. The third-order valence-corrected chi connectivity index (χ3v) is 2.99. The Morgan fingerprint density at radius 1 is 1.62 bits per heavy atom. The van der Waals surface area contributed by atoms with Crippen LogP contribution in [0.5, 0.6) is 0 Å². The number of nitrogens with two attached hydrogens (primary N) is 2. The van der Waals surface area contributed by atoms with Gasteiger partial charge in [0, 0.05) is 0 Å². The van der Waals surface area contributed by atoms with Gasteiger partial charge in [0.1, 0.15) is 4.88 Å². The zero-order chi connectivity index (χ0) is 10.1. The third kappa shape index (κ3) is 3.10. The fraction of sp³-hybridized carbons (Fsp3) is 0. The molecule has 5 nitrogen and oxygen atoms in total. The summed E-state index contributed by atoms with van der Waals surface area (Å²) in [6.45, 7) is 0. The van der Waals surface area contributed by atoms with Crippen LogP contribution in [0.4, 0.5) is 0 Å². The summed E-state index contributed by atoms with van der Waals surface area (Å²) in [4.78, 5) is 11.5. The summed E-state index contributed by atoms with van der Waals surface area (Å²) in [5.41, 5.74) is 9.91. The van der Waals surface area contributed by atoms with E-state index in [9.17, 15) is 9.36 Å². The van der Waals surface area contributed by atoms with Crippen LogP contribution in [-0.2, 0) is 4.57 Å². The van der Waals surface area contributed by atoms with Gasteiger partial charge in [-0.2, -0.15) is 0 Å². The molecular formula is C5H7ClN3O2PS. The number of rotatable bonds is 2. The molecule has 1 rings (SSSR count). The Morgan fingerprint density at radius 3 is 2.62 bits per heavy atom. The Morgan fingerprint density at radius 2 is 2.23 bits per heavy atom. The van der Waals surface area contributed by atoms with Gasteiger partial charge in [0.05, 0.1) is 5.02 Å². The van der Waals surface area contributed by atoms with Crippen molar-refractivity contribution in [3.05, 3.63) is 21.3 Å². The number of hydrogen-bond donors (Lipinski definition) is 3. The first kappa shape index (κ1) is 10.7. The van der Waals surface area contributed by atoms with E-state index in [1.807, 2.05) is 5.09 Å². The standard InChI is InChI=1S/C5H7ClN3O2PS/c6-3-1-2-13-4(3)5(10)9-12(7,8)11/h1-2H,(H5,7,8,9,10,11). The van der Waals surface area contributed by atoms with E-state index in [0.29, 0.717) is 0 Å². The number of hydrogen-bond acceptors (Lipinski definition) is 3. The molecule has 1 heterocycles. The van der Waals surface area contributed by atoms with E-state index in [-0.39, 0.29) is 9.90 Å². The molecule has 8 heteroatoms. The Balaban J connectivity index is 2.82. The van der Waals surface area contributed by atoms with Crippen LogP contribution in [0.25, 0.3) is 0 Å². The molecule has 13 heavy (non-hydrogen) atoms. The fourth-order valence-corrected chi connectivity index (χ4v) is 2.21. The Labute approximate surface area is 83.6 Å². The van der Waals surface area contributed by atoms with E-state index < -0.39 is 13.5 Å². The SMILES string of the molecule is NP(N)(=O)NC(=O)c1sccc1Cl. The van der Waals surface area contributed by atoms with Gasteiger partial charge in [-0.3, -0.25) is 25.5 Å². The number of carbonyl (C=O) groups excluding carboxylic acids is 1. The molecule has 0 saturated carbocycles. The van der Waals surface area contributed by atoms with Gasteiger partial charge >= 0.3 is 7.59 Å². The predicted octanol–water partition coefficient (Wildman–Crippen LogP) is 1.16. The van der Waals surface area contributed by atoms with Gasteiger partial charge in [0.25, 0.3) is 5.91 Å². The molecule has 0 radical (unpaired) electrons. The van der Waals surface area contributed by atoms with E-state index in [1.165, 1.54) is 0 Å². The lowest BCUT2D eigenvalue weighted by Crippen LogP contribution is -2.27. The number of carbonyl (C=O) groups is 1. The molecule has 0 aliphatic heterocycles. The molecular weight excluding hydrogens is 233 g/mol. The maximum absolute atomic E-state index is 11.2. The molecule has 1 aromatic rings. The molecule has 1 amide bonds. The highest BCUT2D eigenvalue weighted by Gasteiger charge is 2.17. The summed E-state index contributed by atoms with van der Waals surface area (Å²) in [6.07, 6.45) is 0. The lowest BCUT2D eigenvalue weighted by molar-refractivity contribution is 0.0984. The molecule has 0 bridgehead atoms. The maximum atomic E-state index is 11.2. The summed E-state index contributed by atoms with van der Waals surface area (Å²) in [5.74, 6) is -0.617. The normalized spacial score (nSPS) is 11.3. The molecule has 0 spiro atoms. The zero-order valence-electron chi connectivity index (χ0n) is 6.36. The highest BCUT2D eigenvalue weighted by atomic mass is 35.5. The lowest BCUT2D eigenvalue weighted by atomic mass is 10.4. The Hall–Kier alpha value is -0.390. The second-order valence-electron chi connectivity index (χ2n) is 2.25.